The van der Waals surface area contributed by atoms with Gasteiger partial charge in [0.2, 0.25) is 0 Å². The van der Waals surface area contributed by atoms with Crippen molar-refractivity contribution >= 4 is 23.5 Å². The molecule has 1 aromatic rings. The molecule has 1 aromatic heterocycles. The average molecular weight is 496 g/mol. The van der Waals surface area contributed by atoms with Crippen molar-refractivity contribution in [3.05, 3.63) is 27.0 Å². The fourth-order valence-electron chi connectivity index (χ4n) is 2.21. The molecule has 0 spiro atoms. The molecule has 2 heterocycles. The maximum Gasteiger partial charge on any atom is 0.330 e. The van der Waals surface area contributed by atoms with Crippen molar-refractivity contribution in [3.63, 3.8) is 0 Å². The van der Waals surface area contributed by atoms with Gasteiger partial charge in [-0.2, -0.15) is 0 Å². The van der Waals surface area contributed by atoms with E-state index in [1.54, 1.807) is 4.98 Å². The average Bonchev–Trinajstić information content (AvgIpc) is 2.81. The van der Waals surface area contributed by atoms with Crippen molar-refractivity contribution in [1.82, 2.24) is 9.55 Å². The number of hydrogen-bond acceptors (Lipinski definition) is 16. The van der Waals surface area contributed by atoms with Gasteiger partial charge in [0.05, 0.1) is 20.6 Å². The maximum absolute atomic E-state index is 11.8. The molecular weight excluding hydrogens is 485 g/mol. The van der Waals surface area contributed by atoms with Crippen LogP contribution in [0, 0.1) is 0 Å². The van der Waals surface area contributed by atoms with Gasteiger partial charge in [0.25, 0.3) is 21.2 Å². The number of aromatic nitrogens is 2. The first-order valence-corrected chi connectivity index (χ1v) is 11.7. The molecule has 6 atom stereocenters. The fraction of sp³-hybridized carbons (Fsp3) is 0.556. The van der Waals surface area contributed by atoms with Crippen molar-refractivity contribution < 1.29 is 66.5 Å². The van der Waals surface area contributed by atoms with Gasteiger partial charge in [0, 0.05) is 0 Å². The molecule has 0 aliphatic carbocycles. The number of aromatic amines is 1. The van der Waals surface area contributed by atoms with E-state index in [-0.39, 0.29) is 0 Å². The van der Waals surface area contributed by atoms with Gasteiger partial charge in [-0.1, -0.05) is 0 Å². The highest BCUT2D eigenvalue weighted by molar-refractivity contribution is 7.64. The zero-order chi connectivity index (χ0) is 23.1. The van der Waals surface area contributed by atoms with Crippen LogP contribution in [0.5, 0.6) is 5.75 Å². The van der Waals surface area contributed by atoms with Crippen LogP contribution >= 0.6 is 23.5 Å². The Morgan fingerprint density at radius 3 is 2.23 bits per heavy atom. The van der Waals surface area contributed by atoms with Gasteiger partial charge in [0.1, 0.15) is 18.3 Å². The van der Waals surface area contributed by atoms with E-state index in [1.165, 1.54) is 0 Å². The Morgan fingerprint density at radius 1 is 1.07 bits per heavy atom. The van der Waals surface area contributed by atoms with Gasteiger partial charge in [-0.15, -0.1) is 0 Å². The summed E-state index contributed by atoms with van der Waals surface area (Å²) in [4.78, 5) is 67.6. The highest BCUT2D eigenvalue weighted by Gasteiger charge is 2.45. The smallest absolute Gasteiger partial charge is 0.330 e. The Kier molecular flexibility index (Phi) is 7.28. The molecule has 1 fully saturated rings. The van der Waals surface area contributed by atoms with Gasteiger partial charge >= 0.3 is 5.69 Å². The Bertz CT molecular complexity index is 1040. The van der Waals surface area contributed by atoms with E-state index in [2.05, 4.69) is 13.1 Å². The first kappa shape index (κ1) is 25.0. The number of rotatable bonds is 8. The summed E-state index contributed by atoms with van der Waals surface area (Å²) in [5.41, 5.74) is -2.35. The van der Waals surface area contributed by atoms with Crippen LogP contribution in [0.4, 0.5) is 0 Å². The summed E-state index contributed by atoms with van der Waals surface area (Å²) in [6.07, 6.45) is -6.79. The van der Waals surface area contributed by atoms with Gasteiger partial charge < -0.3 is 48.7 Å². The number of aliphatic hydroxyl groups excluding tert-OH is 2. The van der Waals surface area contributed by atoms with Crippen molar-refractivity contribution in [2.45, 2.75) is 24.5 Å². The van der Waals surface area contributed by atoms with Crippen LogP contribution < -0.4 is 30.8 Å². The summed E-state index contributed by atoms with van der Waals surface area (Å²) in [5.74, 6) is -0.961. The monoisotopic (exact) mass is 496 g/mol. The number of hydrogen-bond donors (Lipinski definition) is 4. The molecule has 30 heavy (non-hydrogen) atoms. The number of nitrogens with one attached hydrogen (secondary N) is 1. The standard InChI is InChI=1S/C9H15N2O16P3/c12-3-1-11(9(16)10-7(3)15)8-6(14)5(13)4(25-8)2-24-29(20,21)27-30(22,23)26-28(17,18)19/h1,4-6,8,12-14H,2H2,(H,20,21)(H,22,23)(H,10,15,16)(H2,17,18,19)/p-4. The lowest BCUT2D eigenvalue weighted by atomic mass is 10.1. The molecule has 0 amide bonds. The number of ether oxygens (including phenoxy) is 1. The third-order valence-electron chi connectivity index (χ3n) is 3.36. The van der Waals surface area contributed by atoms with E-state index < -0.39 is 71.6 Å². The normalized spacial score (nSPS) is 28.7. The Morgan fingerprint density at radius 2 is 1.67 bits per heavy atom. The minimum atomic E-state index is -6.20. The van der Waals surface area contributed by atoms with Gasteiger partial charge in [-0.05, 0) is 0 Å². The number of phosphoric acid groups is 3. The third-order valence-corrected chi connectivity index (χ3v) is 7.02. The molecule has 1 aliphatic heterocycles. The molecule has 1 aliphatic rings. The number of H-pyrrole nitrogens is 1. The molecular formula is C9H11N2O16P3-4. The molecule has 4 N–H and O–H groups in total. The van der Waals surface area contributed by atoms with Crippen molar-refractivity contribution in [1.29, 1.82) is 0 Å². The summed E-state index contributed by atoms with van der Waals surface area (Å²) in [6.45, 7) is -1.23. The van der Waals surface area contributed by atoms with Gasteiger partial charge in [-0.25, -0.2) is 9.11 Å². The Hall–Kier alpha value is -1.23. The highest BCUT2D eigenvalue weighted by atomic mass is 31.3. The fourth-order valence-corrected chi connectivity index (χ4v) is 5.07. The molecule has 6 unspecified atom stereocenters. The van der Waals surface area contributed by atoms with Crippen molar-refractivity contribution in [2.24, 2.45) is 0 Å². The predicted molar refractivity (Wildman–Crippen MR) is 79.9 cm³/mol. The van der Waals surface area contributed by atoms with Crippen LogP contribution in [0.1, 0.15) is 6.23 Å². The third kappa shape index (κ3) is 6.38. The molecule has 18 nitrogen and oxygen atoms in total. The molecule has 172 valence electrons. The second kappa shape index (κ2) is 8.72. The minimum absolute atomic E-state index is 0.456. The van der Waals surface area contributed by atoms with Gasteiger partial charge in [0.15, 0.2) is 12.0 Å². The lowest BCUT2D eigenvalue weighted by molar-refractivity contribution is -0.339. The predicted octanol–water partition coefficient (Wildman–Crippen LogP) is -5.32. The van der Waals surface area contributed by atoms with Gasteiger partial charge in [-0.3, -0.25) is 27.8 Å². The Balaban J connectivity index is 2.09. The summed E-state index contributed by atoms with van der Waals surface area (Å²) in [7, 11) is -18.3. The van der Waals surface area contributed by atoms with Crippen molar-refractivity contribution in [2.75, 3.05) is 6.61 Å². The zero-order valence-corrected chi connectivity index (χ0v) is 16.7. The van der Waals surface area contributed by atoms with E-state index in [9.17, 15) is 58.2 Å². The second-order valence-corrected chi connectivity index (χ2v) is 9.78. The molecule has 0 radical (unpaired) electrons. The Labute approximate surface area is 164 Å². The topological polar surface area (TPSA) is 296 Å². The van der Waals surface area contributed by atoms with E-state index in [0.29, 0.717) is 10.8 Å². The lowest BCUT2D eigenvalue weighted by Gasteiger charge is -2.37. The largest absolute Gasteiger partial charge is 0.790 e. The van der Waals surface area contributed by atoms with Crippen LogP contribution in [0.25, 0.3) is 0 Å². The molecule has 2 rings (SSSR count). The maximum atomic E-state index is 11.8. The van der Waals surface area contributed by atoms with Crippen molar-refractivity contribution in [3.8, 4) is 5.75 Å². The lowest BCUT2D eigenvalue weighted by Crippen LogP contribution is -2.37. The number of nitrogens with zero attached hydrogens (tertiary/aromatic N) is 1. The van der Waals surface area contributed by atoms with Crippen LogP contribution in [0.2, 0.25) is 0 Å². The minimum Gasteiger partial charge on any atom is -0.790 e. The number of aliphatic hydroxyl groups is 2. The molecule has 21 heteroatoms. The summed E-state index contributed by atoms with van der Waals surface area (Å²) < 4.78 is 48.6. The van der Waals surface area contributed by atoms with E-state index in [0.717, 1.165) is 0 Å². The number of aromatic hydroxyl groups is 1. The first-order valence-electron chi connectivity index (χ1n) is 7.29. The zero-order valence-electron chi connectivity index (χ0n) is 14.0. The number of phosphoric ester groups is 1. The van der Waals surface area contributed by atoms with Crippen LogP contribution in [0.3, 0.4) is 0 Å². The van der Waals surface area contributed by atoms with Crippen LogP contribution in [-0.2, 0) is 31.6 Å². The quantitative estimate of drug-likeness (QED) is 0.244. The molecule has 0 saturated carbocycles. The molecule has 1 saturated heterocycles. The first-order chi connectivity index (χ1) is 13.5. The second-order valence-electron chi connectivity index (χ2n) is 5.53. The summed E-state index contributed by atoms with van der Waals surface area (Å²) in [5, 5.41) is 29.2. The SMILES string of the molecule is O=c1[nH]c(=O)n(C2OC(COP(=O)([O-])OP(=O)([O-])OP(=O)([O-])[O-])C(O)C2O)cc1O. The van der Waals surface area contributed by atoms with E-state index >= 15 is 0 Å². The van der Waals surface area contributed by atoms with Crippen LogP contribution in [-0.4, -0.2) is 49.8 Å². The highest BCUT2D eigenvalue weighted by Crippen LogP contribution is 2.60. The summed E-state index contributed by atoms with van der Waals surface area (Å²) in [6, 6.07) is 0. The summed E-state index contributed by atoms with van der Waals surface area (Å²) >= 11 is 0. The van der Waals surface area contributed by atoms with E-state index in [4.69, 9.17) is 4.74 Å². The molecule has 0 aromatic carbocycles. The van der Waals surface area contributed by atoms with Crippen LogP contribution in [0.15, 0.2) is 15.8 Å². The van der Waals surface area contributed by atoms with E-state index in [1.807, 2.05) is 0 Å². The molecule has 0 bridgehead atoms.